The van der Waals surface area contributed by atoms with Crippen LogP contribution in [0.15, 0.2) is 41.6 Å². The van der Waals surface area contributed by atoms with Crippen LogP contribution in [0.25, 0.3) is 11.0 Å². The fourth-order valence-corrected chi connectivity index (χ4v) is 2.95. The lowest BCUT2D eigenvalue weighted by Crippen LogP contribution is -1.90. The highest BCUT2D eigenvalue weighted by atomic mass is 32.2. The second-order valence-corrected chi connectivity index (χ2v) is 5.78. The van der Waals surface area contributed by atoms with Crippen molar-refractivity contribution < 1.29 is 9.13 Å². The molecule has 0 radical (unpaired) electrons. The lowest BCUT2D eigenvalue weighted by molar-refractivity contribution is 0.386. The summed E-state index contributed by atoms with van der Waals surface area (Å²) in [6.45, 7) is 2.05. The average Bonchev–Trinajstić information content (AvgIpc) is 2.87. The molecule has 3 rings (SSSR count). The normalized spacial score (nSPS) is 11.0. The molecule has 0 aliphatic heterocycles. The number of aryl methyl sites for hydroxylation is 1. The van der Waals surface area contributed by atoms with Gasteiger partial charge in [-0.3, -0.25) is 0 Å². The van der Waals surface area contributed by atoms with Gasteiger partial charge < -0.3 is 9.72 Å². The minimum atomic E-state index is -0.337. The van der Waals surface area contributed by atoms with Crippen LogP contribution in [0.5, 0.6) is 5.75 Å². The van der Waals surface area contributed by atoms with Crippen LogP contribution >= 0.6 is 11.8 Å². The van der Waals surface area contributed by atoms with Gasteiger partial charge in [-0.1, -0.05) is 23.9 Å². The molecule has 1 N–H and O–H groups in total. The van der Waals surface area contributed by atoms with Crippen molar-refractivity contribution >= 4 is 22.8 Å². The van der Waals surface area contributed by atoms with E-state index in [1.165, 1.54) is 18.7 Å². The highest BCUT2D eigenvalue weighted by molar-refractivity contribution is 7.98. The highest BCUT2D eigenvalue weighted by Gasteiger charge is 2.06. The number of methoxy groups -OCH3 is 1. The molecule has 0 spiro atoms. The number of benzene rings is 2. The number of aromatic amines is 1. The van der Waals surface area contributed by atoms with Crippen molar-refractivity contribution in [2.75, 3.05) is 7.11 Å². The van der Waals surface area contributed by atoms with Gasteiger partial charge in [0.15, 0.2) is 16.7 Å². The molecule has 5 heteroatoms. The van der Waals surface area contributed by atoms with Gasteiger partial charge in [0.25, 0.3) is 0 Å². The van der Waals surface area contributed by atoms with E-state index in [4.69, 9.17) is 4.74 Å². The summed E-state index contributed by atoms with van der Waals surface area (Å²) in [6, 6.07) is 11.1. The second-order valence-electron chi connectivity index (χ2n) is 4.82. The molecule has 0 aliphatic carbocycles. The van der Waals surface area contributed by atoms with Crippen molar-refractivity contribution in [2.24, 2.45) is 0 Å². The van der Waals surface area contributed by atoms with Gasteiger partial charge in [-0.25, -0.2) is 9.37 Å². The fourth-order valence-electron chi connectivity index (χ4n) is 2.12. The zero-order chi connectivity index (χ0) is 14.8. The fraction of sp³-hybridized carbons (Fsp3) is 0.188. The minimum Gasteiger partial charge on any atom is -0.494 e. The van der Waals surface area contributed by atoms with Crippen molar-refractivity contribution in [3.63, 3.8) is 0 Å². The van der Waals surface area contributed by atoms with E-state index in [9.17, 15) is 4.39 Å². The minimum absolute atomic E-state index is 0.267. The Morgan fingerprint density at radius 2 is 2.10 bits per heavy atom. The maximum Gasteiger partial charge on any atom is 0.166 e. The molecule has 0 fully saturated rings. The first-order valence-corrected chi connectivity index (χ1v) is 7.56. The Kier molecular flexibility index (Phi) is 3.84. The summed E-state index contributed by atoms with van der Waals surface area (Å²) in [5.41, 5.74) is 4.07. The van der Waals surface area contributed by atoms with Crippen molar-refractivity contribution in [1.82, 2.24) is 9.97 Å². The van der Waals surface area contributed by atoms with Crippen molar-refractivity contribution in [2.45, 2.75) is 17.8 Å². The van der Waals surface area contributed by atoms with E-state index >= 15 is 0 Å². The maximum atomic E-state index is 13.6. The summed E-state index contributed by atoms with van der Waals surface area (Å²) in [6.07, 6.45) is 0. The van der Waals surface area contributed by atoms with Crippen LogP contribution < -0.4 is 4.74 Å². The molecule has 1 heterocycles. The van der Waals surface area contributed by atoms with Gasteiger partial charge >= 0.3 is 0 Å². The van der Waals surface area contributed by atoms with Crippen LogP contribution in [0.3, 0.4) is 0 Å². The SMILES string of the molecule is COc1ccc(CSc2nc3ccc(C)cc3[nH]2)cc1F. The maximum absolute atomic E-state index is 13.6. The average molecular weight is 302 g/mol. The molecular formula is C16H15FN2OS. The number of fused-ring (bicyclic) bond motifs is 1. The topological polar surface area (TPSA) is 37.9 Å². The molecule has 2 aromatic carbocycles. The van der Waals surface area contributed by atoms with Crippen LogP contribution in [0.1, 0.15) is 11.1 Å². The van der Waals surface area contributed by atoms with Gasteiger partial charge in [0.05, 0.1) is 18.1 Å². The van der Waals surface area contributed by atoms with Crippen LogP contribution in [-0.2, 0) is 5.75 Å². The smallest absolute Gasteiger partial charge is 0.166 e. The largest absolute Gasteiger partial charge is 0.494 e. The first-order chi connectivity index (χ1) is 10.2. The lowest BCUT2D eigenvalue weighted by Gasteiger charge is -2.04. The number of aromatic nitrogens is 2. The summed E-state index contributed by atoms with van der Waals surface area (Å²) in [5.74, 6) is 0.582. The third-order valence-corrected chi connectivity index (χ3v) is 4.15. The molecule has 0 amide bonds. The molecular weight excluding hydrogens is 287 g/mol. The summed E-state index contributed by atoms with van der Waals surface area (Å²) in [4.78, 5) is 7.79. The van der Waals surface area contributed by atoms with Gasteiger partial charge in [0.2, 0.25) is 0 Å². The summed E-state index contributed by atoms with van der Waals surface area (Å²) >= 11 is 1.55. The van der Waals surface area contributed by atoms with Crippen LogP contribution in [0, 0.1) is 12.7 Å². The van der Waals surface area contributed by atoms with Crippen LogP contribution in [-0.4, -0.2) is 17.1 Å². The Bertz CT molecular complexity index is 785. The predicted molar refractivity (Wildman–Crippen MR) is 83.3 cm³/mol. The Hall–Kier alpha value is -2.01. The molecule has 21 heavy (non-hydrogen) atoms. The number of H-pyrrole nitrogens is 1. The van der Waals surface area contributed by atoms with Gasteiger partial charge in [0, 0.05) is 5.75 Å². The quantitative estimate of drug-likeness (QED) is 0.730. The van der Waals surface area contributed by atoms with E-state index in [0.29, 0.717) is 5.75 Å². The van der Waals surface area contributed by atoms with E-state index in [2.05, 4.69) is 16.0 Å². The van der Waals surface area contributed by atoms with Crippen LogP contribution in [0.2, 0.25) is 0 Å². The molecule has 0 saturated heterocycles. The molecule has 1 aromatic heterocycles. The molecule has 0 saturated carbocycles. The van der Waals surface area contributed by atoms with Crippen molar-refractivity contribution in [3.05, 3.63) is 53.3 Å². The number of rotatable bonds is 4. The van der Waals surface area contributed by atoms with Crippen molar-refractivity contribution in [1.29, 1.82) is 0 Å². The first kappa shape index (κ1) is 13.9. The Labute approximate surface area is 126 Å². The van der Waals surface area contributed by atoms with E-state index < -0.39 is 0 Å². The van der Waals surface area contributed by atoms with E-state index in [1.807, 2.05) is 25.1 Å². The third-order valence-electron chi connectivity index (χ3n) is 3.21. The number of nitrogens with one attached hydrogen (secondary N) is 1. The third kappa shape index (κ3) is 3.03. The Morgan fingerprint density at radius 1 is 1.24 bits per heavy atom. The molecule has 108 valence electrons. The molecule has 3 nitrogen and oxygen atoms in total. The number of hydrogen-bond acceptors (Lipinski definition) is 3. The van der Waals surface area contributed by atoms with Gasteiger partial charge in [0.1, 0.15) is 0 Å². The van der Waals surface area contributed by atoms with E-state index in [-0.39, 0.29) is 11.6 Å². The molecule has 0 aliphatic rings. The molecule has 0 bridgehead atoms. The van der Waals surface area contributed by atoms with Gasteiger partial charge in [-0.05, 0) is 42.3 Å². The summed E-state index contributed by atoms with van der Waals surface area (Å²) in [7, 11) is 1.46. The number of thioether (sulfide) groups is 1. The predicted octanol–water partition coefficient (Wildman–Crippen LogP) is 4.31. The van der Waals surface area contributed by atoms with Gasteiger partial charge in [-0.2, -0.15) is 0 Å². The first-order valence-electron chi connectivity index (χ1n) is 6.57. The number of imidazole rings is 1. The number of ether oxygens (including phenoxy) is 1. The Balaban J connectivity index is 1.75. The standard InChI is InChI=1S/C16H15FN2OS/c1-10-3-5-13-14(7-10)19-16(18-13)21-9-11-4-6-15(20-2)12(17)8-11/h3-8H,9H2,1-2H3,(H,18,19). The highest BCUT2D eigenvalue weighted by Crippen LogP contribution is 2.25. The van der Waals surface area contributed by atoms with Crippen molar-refractivity contribution in [3.8, 4) is 5.75 Å². The Morgan fingerprint density at radius 3 is 2.86 bits per heavy atom. The summed E-state index contributed by atoms with van der Waals surface area (Å²) < 4.78 is 18.5. The monoisotopic (exact) mass is 302 g/mol. The zero-order valence-corrected chi connectivity index (χ0v) is 12.6. The van der Waals surface area contributed by atoms with Crippen LogP contribution in [0.4, 0.5) is 4.39 Å². The van der Waals surface area contributed by atoms with E-state index in [0.717, 1.165) is 21.8 Å². The molecule has 0 atom stereocenters. The number of halogens is 1. The zero-order valence-electron chi connectivity index (χ0n) is 11.8. The summed E-state index contributed by atoms with van der Waals surface area (Å²) in [5, 5.41) is 0.840. The molecule has 3 aromatic rings. The lowest BCUT2D eigenvalue weighted by atomic mass is 10.2. The number of hydrogen-bond donors (Lipinski definition) is 1. The van der Waals surface area contributed by atoms with Gasteiger partial charge in [-0.15, -0.1) is 0 Å². The number of nitrogens with zero attached hydrogens (tertiary/aromatic N) is 1. The second kappa shape index (κ2) is 5.77. The molecule has 0 unspecified atom stereocenters. The van der Waals surface area contributed by atoms with E-state index in [1.54, 1.807) is 17.8 Å².